The lowest BCUT2D eigenvalue weighted by Crippen LogP contribution is -2.58. The summed E-state index contributed by atoms with van der Waals surface area (Å²) < 4.78 is 33.6. The number of primary amides is 1. The van der Waals surface area contributed by atoms with E-state index in [1.54, 1.807) is 30.3 Å². The lowest BCUT2D eigenvalue weighted by atomic mass is 10.00. The molecule has 15 heteroatoms. The number of ether oxygens (including phenoxy) is 1. The standard InChI is InChI=1S/C28H39N5O9S/c1-18(2)15-33(43(40,41)22-11-9-21(10-12-22)14-30-39)16-24(34)23(13-20-7-5-4-6-8-20)31-27(36)26(32-28(37)38)19(3)42-17-25(29)35/h4-12,14,18-19,23-24,26,32,34,39H,13,15-17H2,1-3H3,(H2,29,35)(H,31,36)(H,37,38)/b30-14+/t19-,23+,24-,26+/m1/s1. The number of amides is 3. The van der Waals surface area contributed by atoms with E-state index in [0.29, 0.717) is 11.1 Å². The maximum absolute atomic E-state index is 13.6. The molecule has 0 aliphatic rings. The first kappa shape index (κ1) is 35.1. The van der Waals surface area contributed by atoms with E-state index >= 15 is 0 Å². The van der Waals surface area contributed by atoms with Crippen molar-refractivity contribution < 1.29 is 43.0 Å². The van der Waals surface area contributed by atoms with Crippen LogP contribution in [0.1, 0.15) is 31.9 Å². The van der Waals surface area contributed by atoms with E-state index in [4.69, 9.17) is 15.7 Å². The molecule has 0 spiro atoms. The van der Waals surface area contributed by atoms with Gasteiger partial charge in [-0.25, -0.2) is 13.2 Å². The summed E-state index contributed by atoms with van der Waals surface area (Å²) in [6, 6.07) is 11.9. The van der Waals surface area contributed by atoms with E-state index in [-0.39, 0.29) is 23.8 Å². The molecular formula is C28H39N5O9S. The summed E-state index contributed by atoms with van der Waals surface area (Å²) in [7, 11) is -4.12. The van der Waals surface area contributed by atoms with Gasteiger partial charge in [0.15, 0.2) is 0 Å². The van der Waals surface area contributed by atoms with Crippen molar-refractivity contribution in [2.75, 3.05) is 19.7 Å². The number of oxime groups is 1. The van der Waals surface area contributed by atoms with Gasteiger partial charge in [-0.15, -0.1) is 0 Å². The van der Waals surface area contributed by atoms with Crippen LogP contribution >= 0.6 is 0 Å². The molecule has 236 valence electrons. The molecule has 43 heavy (non-hydrogen) atoms. The second-order valence-electron chi connectivity index (χ2n) is 10.3. The van der Waals surface area contributed by atoms with Gasteiger partial charge in [-0.3, -0.25) is 9.59 Å². The van der Waals surface area contributed by atoms with E-state index in [2.05, 4.69) is 15.8 Å². The Balaban J connectivity index is 2.39. The molecule has 0 unspecified atom stereocenters. The minimum absolute atomic E-state index is 0.0480. The van der Waals surface area contributed by atoms with E-state index in [9.17, 15) is 33.0 Å². The Hall–Kier alpha value is -4.05. The van der Waals surface area contributed by atoms with Crippen LogP contribution in [0.3, 0.4) is 0 Å². The highest BCUT2D eigenvalue weighted by Gasteiger charge is 2.34. The zero-order valence-corrected chi connectivity index (χ0v) is 25.0. The van der Waals surface area contributed by atoms with E-state index in [1.165, 1.54) is 31.2 Å². The Morgan fingerprint density at radius 2 is 1.65 bits per heavy atom. The average Bonchev–Trinajstić information content (AvgIpc) is 2.94. The van der Waals surface area contributed by atoms with Crippen molar-refractivity contribution in [2.45, 2.75) is 56.4 Å². The SMILES string of the molecule is CC(C)CN(C[C@@H](O)[C@H](Cc1ccccc1)NC(=O)[C@@H](NC(=O)O)[C@@H](C)OCC(N)=O)S(=O)(=O)c1ccc(/C=N/O)cc1. The molecule has 0 aliphatic carbocycles. The van der Waals surface area contributed by atoms with Gasteiger partial charge in [0.2, 0.25) is 21.8 Å². The topological polar surface area (TPSA) is 221 Å². The third-order valence-corrected chi connectivity index (χ3v) is 8.14. The number of nitrogens with two attached hydrogens (primary N) is 1. The van der Waals surface area contributed by atoms with Crippen molar-refractivity contribution in [3.8, 4) is 0 Å². The van der Waals surface area contributed by atoms with Gasteiger partial charge in [-0.05, 0) is 42.5 Å². The predicted molar refractivity (Wildman–Crippen MR) is 157 cm³/mol. The Morgan fingerprint density at radius 3 is 2.19 bits per heavy atom. The van der Waals surface area contributed by atoms with Crippen LogP contribution in [0.5, 0.6) is 0 Å². The number of aliphatic hydroxyl groups is 1. The maximum atomic E-state index is 13.6. The first-order valence-electron chi connectivity index (χ1n) is 13.4. The maximum Gasteiger partial charge on any atom is 0.405 e. The number of carbonyl (C=O) groups excluding carboxylic acids is 2. The Kier molecular flexibility index (Phi) is 13.5. The Labute approximate surface area is 250 Å². The van der Waals surface area contributed by atoms with Gasteiger partial charge >= 0.3 is 6.09 Å². The summed E-state index contributed by atoms with van der Waals surface area (Å²) in [4.78, 5) is 35.9. The first-order valence-corrected chi connectivity index (χ1v) is 14.9. The first-order chi connectivity index (χ1) is 20.2. The molecule has 0 fully saturated rings. The third-order valence-electron chi connectivity index (χ3n) is 6.29. The highest BCUT2D eigenvalue weighted by molar-refractivity contribution is 7.89. The molecule has 0 aromatic heterocycles. The summed E-state index contributed by atoms with van der Waals surface area (Å²) in [5.41, 5.74) is 6.29. The fraction of sp³-hybridized carbons (Fsp3) is 0.429. The van der Waals surface area contributed by atoms with Gasteiger partial charge in [0, 0.05) is 13.1 Å². The van der Waals surface area contributed by atoms with Crippen LogP contribution < -0.4 is 16.4 Å². The van der Waals surface area contributed by atoms with Gasteiger partial charge in [0.05, 0.1) is 29.4 Å². The largest absolute Gasteiger partial charge is 0.465 e. The van der Waals surface area contributed by atoms with Crippen molar-refractivity contribution >= 4 is 34.1 Å². The molecule has 2 aromatic carbocycles. The van der Waals surface area contributed by atoms with Crippen molar-refractivity contribution in [3.63, 3.8) is 0 Å². The number of benzene rings is 2. The zero-order valence-electron chi connectivity index (χ0n) is 24.2. The third kappa shape index (κ3) is 11.3. The van der Waals surface area contributed by atoms with E-state index in [0.717, 1.165) is 10.5 Å². The molecule has 0 saturated carbocycles. The van der Waals surface area contributed by atoms with Crippen LogP contribution in [-0.4, -0.2) is 96.3 Å². The highest BCUT2D eigenvalue weighted by Crippen LogP contribution is 2.20. The van der Waals surface area contributed by atoms with Crippen molar-refractivity contribution in [1.82, 2.24) is 14.9 Å². The van der Waals surface area contributed by atoms with Crippen molar-refractivity contribution in [2.24, 2.45) is 16.8 Å². The zero-order chi connectivity index (χ0) is 32.2. The van der Waals surface area contributed by atoms with Crippen LogP contribution in [0.15, 0.2) is 64.6 Å². The minimum Gasteiger partial charge on any atom is -0.465 e. The lowest BCUT2D eigenvalue weighted by molar-refractivity contribution is -0.132. The summed E-state index contributed by atoms with van der Waals surface area (Å²) in [6.07, 6.45) is -2.86. The molecule has 4 atom stereocenters. The van der Waals surface area contributed by atoms with Gasteiger partial charge in [-0.2, -0.15) is 4.31 Å². The van der Waals surface area contributed by atoms with Crippen LogP contribution in [0.2, 0.25) is 0 Å². The van der Waals surface area contributed by atoms with Crippen LogP contribution in [0.4, 0.5) is 4.79 Å². The number of carbonyl (C=O) groups is 3. The summed E-state index contributed by atoms with van der Waals surface area (Å²) in [6.45, 7) is 4.09. The quantitative estimate of drug-likeness (QED) is 0.0832. The molecule has 0 saturated heterocycles. The molecule has 0 radical (unpaired) electrons. The molecule has 14 nitrogen and oxygen atoms in total. The Bertz CT molecular complexity index is 1340. The number of hydrogen-bond donors (Lipinski definition) is 6. The molecule has 2 rings (SSSR count). The van der Waals surface area contributed by atoms with Crippen LogP contribution in [0, 0.1) is 5.92 Å². The second-order valence-corrected chi connectivity index (χ2v) is 12.2. The summed E-state index contributed by atoms with van der Waals surface area (Å²) in [5, 5.41) is 37.1. The number of hydrogen-bond acceptors (Lipinski definition) is 9. The van der Waals surface area contributed by atoms with Gasteiger partial charge in [-0.1, -0.05) is 61.5 Å². The fourth-order valence-corrected chi connectivity index (χ4v) is 5.84. The lowest BCUT2D eigenvalue weighted by Gasteiger charge is -2.32. The molecular weight excluding hydrogens is 582 g/mol. The monoisotopic (exact) mass is 621 g/mol. The molecule has 2 aromatic rings. The molecule has 3 amide bonds. The summed E-state index contributed by atoms with van der Waals surface area (Å²) in [5.74, 6) is -1.81. The van der Waals surface area contributed by atoms with E-state index < -0.39 is 65.4 Å². The average molecular weight is 622 g/mol. The number of carboxylic acid groups (broad SMARTS) is 1. The molecule has 0 aliphatic heterocycles. The number of nitrogens with zero attached hydrogens (tertiary/aromatic N) is 2. The predicted octanol–water partition coefficient (Wildman–Crippen LogP) is 0.756. The van der Waals surface area contributed by atoms with Crippen molar-refractivity contribution in [3.05, 3.63) is 65.7 Å². The summed E-state index contributed by atoms with van der Waals surface area (Å²) >= 11 is 0. The highest BCUT2D eigenvalue weighted by atomic mass is 32.2. The molecule has 0 bridgehead atoms. The molecule has 0 heterocycles. The molecule has 7 N–H and O–H groups in total. The number of nitrogens with one attached hydrogen (secondary N) is 2. The smallest absolute Gasteiger partial charge is 0.405 e. The Morgan fingerprint density at radius 1 is 1.02 bits per heavy atom. The number of sulfonamides is 1. The number of aliphatic hydroxyl groups excluding tert-OH is 1. The van der Waals surface area contributed by atoms with E-state index in [1.807, 2.05) is 13.8 Å². The minimum atomic E-state index is -4.12. The van der Waals surface area contributed by atoms with Gasteiger partial charge in [0.1, 0.15) is 12.6 Å². The number of rotatable bonds is 17. The van der Waals surface area contributed by atoms with Crippen molar-refractivity contribution in [1.29, 1.82) is 0 Å². The van der Waals surface area contributed by atoms with Gasteiger partial charge in [0.25, 0.3) is 0 Å². The van der Waals surface area contributed by atoms with Crippen LogP contribution in [0.25, 0.3) is 0 Å². The second kappa shape index (κ2) is 16.6. The normalized spacial score (nSPS) is 14.7. The van der Waals surface area contributed by atoms with Gasteiger partial charge < -0.3 is 36.5 Å². The van der Waals surface area contributed by atoms with Crippen LogP contribution in [-0.2, 0) is 30.8 Å². The fourth-order valence-electron chi connectivity index (χ4n) is 4.22.